The summed E-state index contributed by atoms with van der Waals surface area (Å²) in [5.74, 6) is 0. The summed E-state index contributed by atoms with van der Waals surface area (Å²) >= 11 is 0.0269. The van der Waals surface area contributed by atoms with Crippen LogP contribution in [-0.2, 0) is 5.60 Å². The van der Waals surface area contributed by atoms with Crippen LogP contribution in [0.1, 0.15) is 5.01 Å². The molecule has 1 radical (unpaired) electrons. The number of rotatable bonds is 1. The molecule has 85 valence electrons. The van der Waals surface area contributed by atoms with E-state index in [0.717, 1.165) is 5.38 Å². The molecule has 0 saturated carbocycles. The number of nitrogens with zero attached hydrogens (tertiary/aromatic N) is 1. The van der Waals surface area contributed by atoms with Crippen LogP contribution in [0.4, 0.5) is 26.3 Å². The van der Waals surface area contributed by atoms with Crippen LogP contribution in [-0.4, -0.2) is 22.4 Å². The van der Waals surface area contributed by atoms with Gasteiger partial charge in [-0.2, -0.15) is 26.3 Å². The predicted octanol–water partition coefficient (Wildman–Crippen LogP) is 2.26. The topological polar surface area (TPSA) is 33.1 Å². The summed E-state index contributed by atoms with van der Waals surface area (Å²) in [7, 11) is 0. The number of hydrogen-bond donors (Lipinski definition) is 1. The number of aliphatic hydroxyl groups is 1. The highest BCUT2D eigenvalue weighted by Gasteiger charge is 2.73. The summed E-state index contributed by atoms with van der Waals surface area (Å²) in [5, 5.41) is 8.01. The van der Waals surface area contributed by atoms with Gasteiger partial charge in [0.25, 0.3) is 0 Å². The third-order valence-corrected chi connectivity index (χ3v) is 2.35. The highest BCUT2D eigenvalue weighted by molar-refractivity contribution is 7.09. The van der Waals surface area contributed by atoms with Crippen molar-refractivity contribution in [1.29, 1.82) is 0 Å². The predicted molar refractivity (Wildman–Crippen MR) is 37.0 cm³/mol. The lowest BCUT2D eigenvalue weighted by atomic mass is 10.0. The molecule has 0 aliphatic heterocycles. The van der Waals surface area contributed by atoms with E-state index >= 15 is 0 Å². The SMILES string of the molecule is OC(c1n[c]cs1)(C(F)(F)F)C(F)(F)F. The van der Waals surface area contributed by atoms with Crippen LogP contribution >= 0.6 is 11.3 Å². The molecule has 1 rings (SSSR count). The van der Waals surface area contributed by atoms with Crippen LogP contribution in [0, 0.1) is 6.20 Å². The first kappa shape index (κ1) is 12.2. The highest BCUT2D eigenvalue weighted by atomic mass is 32.1. The Hall–Kier alpha value is -0.830. The molecular formula is C6H2F6NOS. The van der Waals surface area contributed by atoms with Crippen molar-refractivity contribution in [3.63, 3.8) is 0 Å². The molecule has 1 N–H and O–H groups in total. The molecule has 0 aliphatic rings. The first-order valence-corrected chi connectivity index (χ1v) is 4.16. The summed E-state index contributed by atoms with van der Waals surface area (Å²) in [6.07, 6.45) is -9.97. The zero-order chi connectivity index (χ0) is 11.9. The van der Waals surface area contributed by atoms with Crippen LogP contribution in [0.5, 0.6) is 0 Å². The molecule has 0 fully saturated rings. The van der Waals surface area contributed by atoms with Crippen molar-refractivity contribution in [3.05, 3.63) is 16.6 Å². The van der Waals surface area contributed by atoms with Crippen molar-refractivity contribution in [2.24, 2.45) is 0 Å². The van der Waals surface area contributed by atoms with Crippen LogP contribution in [0.3, 0.4) is 0 Å². The van der Waals surface area contributed by atoms with E-state index in [1.54, 1.807) is 6.20 Å². The maximum atomic E-state index is 12.1. The number of aromatic nitrogens is 1. The monoisotopic (exact) mass is 250 g/mol. The van der Waals surface area contributed by atoms with E-state index in [1.165, 1.54) is 0 Å². The van der Waals surface area contributed by atoms with Gasteiger partial charge in [-0.25, -0.2) is 4.98 Å². The molecule has 9 heteroatoms. The Kier molecular flexibility index (Phi) is 2.72. The van der Waals surface area contributed by atoms with E-state index in [-0.39, 0.29) is 11.3 Å². The van der Waals surface area contributed by atoms with Gasteiger partial charge in [-0.1, -0.05) is 0 Å². The molecule has 0 aromatic carbocycles. The van der Waals surface area contributed by atoms with Gasteiger partial charge in [0.2, 0.25) is 0 Å². The standard InChI is InChI=1S/C6H2F6NOS/c7-5(8,9)4(14,6(10,11)12)3-13-1-2-15-3/h2,14H. The largest absolute Gasteiger partial charge is 0.433 e. The Morgan fingerprint density at radius 1 is 1.13 bits per heavy atom. The van der Waals surface area contributed by atoms with E-state index in [4.69, 9.17) is 5.11 Å². The normalized spacial score (nSPS) is 14.3. The fourth-order valence-electron chi connectivity index (χ4n) is 0.763. The molecule has 1 aromatic rings. The van der Waals surface area contributed by atoms with Crippen molar-refractivity contribution < 1.29 is 31.4 Å². The molecule has 0 unspecified atom stereocenters. The fraction of sp³-hybridized carbons (Fsp3) is 0.500. The van der Waals surface area contributed by atoms with Crippen LogP contribution < -0.4 is 0 Å². The summed E-state index contributed by atoms with van der Waals surface area (Å²) in [6.45, 7) is 0. The number of hydrogen-bond acceptors (Lipinski definition) is 3. The molecule has 1 heterocycles. The summed E-state index contributed by atoms with van der Waals surface area (Å²) < 4.78 is 72.9. The molecule has 0 atom stereocenters. The molecule has 0 aliphatic carbocycles. The first-order chi connectivity index (χ1) is 6.61. The third-order valence-electron chi connectivity index (χ3n) is 1.52. The van der Waals surface area contributed by atoms with E-state index in [2.05, 4.69) is 4.98 Å². The van der Waals surface area contributed by atoms with Crippen molar-refractivity contribution in [3.8, 4) is 0 Å². The lowest BCUT2D eigenvalue weighted by Crippen LogP contribution is -2.53. The molecule has 2 nitrogen and oxygen atoms in total. The number of thiazole rings is 1. The van der Waals surface area contributed by atoms with Gasteiger partial charge in [-0.15, -0.1) is 11.3 Å². The van der Waals surface area contributed by atoms with E-state index < -0.39 is 23.0 Å². The molecule has 0 amide bonds. The average molecular weight is 250 g/mol. The van der Waals surface area contributed by atoms with Gasteiger partial charge in [-0.05, 0) is 0 Å². The van der Waals surface area contributed by atoms with Crippen molar-refractivity contribution in [1.82, 2.24) is 4.98 Å². The zero-order valence-corrected chi connectivity index (χ0v) is 7.46. The smallest absolute Gasteiger partial charge is 0.368 e. The number of alkyl halides is 6. The Bertz CT molecular complexity index is 314. The fourth-order valence-corrected chi connectivity index (χ4v) is 1.49. The molecule has 0 spiro atoms. The molecular weight excluding hydrogens is 248 g/mol. The lowest BCUT2D eigenvalue weighted by Gasteiger charge is -2.30. The van der Waals surface area contributed by atoms with E-state index in [9.17, 15) is 26.3 Å². The zero-order valence-electron chi connectivity index (χ0n) is 6.65. The molecule has 1 aromatic heterocycles. The maximum Gasteiger partial charge on any atom is 0.433 e. The Labute approximate surface area is 83.2 Å². The van der Waals surface area contributed by atoms with Gasteiger partial charge in [0.1, 0.15) is 11.2 Å². The van der Waals surface area contributed by atoms with Crippen LogP contribution in [0.2, 0.25) is 0 Å². The Balaban J connectivity index is 3.33. The van der Waals surface area contributed by atoms with Gasteiger partial charge in [-0.3, -0.25) is 0 Å². The van der Waals surface area contributed by atoms with Crippen LogP contribution in [0.15, 0.2) is 5.38 Å². The lowest BCUT2D eigenvalue weighted by molar-refractivity contribution is -0.376. The first-order valence-electron chi connectivity index (χ1n) is 3.28. The molecule has 0 bridgehead atoms. The Morgan fingerprint density at radius 2 is 1.60 bits per heavy atom. The van der Waals surface area contributed by atoms with Gasteiger partial charge < -0.3 is 5.11 Å². The third kappa shape index (κ3) is 1.81. The second-order valence-electron chi connectivity index (χ2n) is 2.49. The molecule has 0 saturated heterocycles. The van der Waals surface area contributed by atoms with Gasteiger partial charge in [0, 0.05) is 5.38 Å². The van der Waals surface area contributed by atoms with E-state index in [0.29, 0.717) is 0 Å². The second-order valence-corrected chi connectivity index (χ2v) is 3.35. The average Bonchev–Trinajstić information content (AvgIpc) is 2.49. The second kappa shape index (κ2) is 3.34. The van der Waals surface area contributed by atoms with Crippen molar-refractivity contribution >= 4 is 11.3 Å². The van der Waals surface area contributed by atoms with Crippen molar-refractivity contribution in [2.45, 2.75) is 18.0 Å². The van der Waals surface area contributed by atoms with Crippen LogP contribution in [0.25, 0.3) is 0 Å². The van der Waals surface area contributed by atoms with Gasteiger partial charge in [0.05, 0.1) is 0 Å². The quantitative estimate of drug-likeness (QED) is 0.775. The summed E-state index contributed by atoms with van der Waals surface area (Å²) in [4.78, 5) is 2.72. The minimum atomic E-state index is -5.88. The molecule has 15 heavy (non-hydrogen) atoms. The maximum absolute atomic E-state index is 12.1. The Morgan fingerprint density at radius 3 is 1.87 bits per heavy atom. The minimum absolute atomic E-state index is 0.0269. The van der Waals surface area contributed by atoms with Gasteiger partial charge >= 0.3 is 18.0 Å². The number of halogens is 6. The highest BCUT2D eigenvalue weighted by Crippen LogP contribution is 2.50. The van der Waals surface area contributed by atoms with Crippen molar-refractivity contribution in [2.75, 3.05) is 0 Å². The summed E-state index contributed by atoms with van der Waals surface area (Å²) in [6, 6.07) is 0. The van der Waals surface area contributed by atoms with Gasteiger partial charge in [0.15, 0.2) is 0 Å². The summed E-state index contributed by atoms with van der Waals surface area (Å²) in [5.41, 5.74) is -4.93. The minimum Gasteiger partial charge on any atom is -0.368 e. The van der Waals surface area contributed by atoms with E-state index in [1.807, 2.05) is 0 Å².